The van der Waals surface area contributed by atoms with Gasteiger partial charge in [-0.05, 0) is 19.1 Å². The standard InChI is InChI=1S/C12H13F2N3O2/c1-7-2-11(18)16-17(7)6-12(19)15-10-4-8(13)3-9(14)5-10/h3-5,7H,2,6H2,1H3,(H,15,19)(H,16,18)/t7-/m1/s1. The van der Waals surface area contributed by atoms with Gasteiger partial charge in [-0.2, -0.15) is 0 Å². The molecule has 0 aliphatic carbocycles. The van der Waals surface area contributed by atoms with Crippen molar-refractivity contribution in [3.63, 3.8) is 0 Å². The minimum atomic E-state index is -0.766. The number of nitrogens with zero attached hydrogens (tertiary/aromatic N) is 1. The van der Waals surface area contributed by atoms with E-state index in [0.29, 0.717) is 6.42 Å². The lowest BCUT2D eigenvalue weighted by Crippen LogP contribution is -2.42. The number of hydrogen-bond acceptors (Lipinski definition) is 3. The Balaban J connectivity index is 1.96. The molecule has 0 radical (unpaired) electrons. The Hall–Kier alpha value is -2.02. The molecule has 1 aromatic rings. The molecule has 1 atom stereocenters. The van der Waals surface area contributed by atoms with Crippen LogP contribution >= 0.6 is 0 Å². The van der Waals surface area contributed by atoms with Crippen LogP contribution in [0.4, 0.5) is 14.5 Å². The van der Waals surface area contributed by atoms with Gasteiger partial charge in [-0.3, -0.25) is 15.0 Å². The summed E-state index contributed by atoms with van der Waals surface area (Å²) in [5, 5.41) is 3.85. The molecule has 1 fully saturated rings. The van der Waals surface area contributed by atoms with Gasteiger partial charge in [0.05, 0.1) is 6.54 Å². The number of anilines is 1. The number of halogens is 2. The van der Waals surface area contributed by atoms with E-state index in [9.17, 15) is 18.4 Å². The summed E-state index contributed by atoms with van der Waals surface area (Å²) in [6, 6.07) is 2.67. The highest BCUT2D eigenvalue weighted by Gasteiger charge is 2.27. The highest BCUT2D eigenvalue weighted by atomic mass is 19.1. The molecule has 5 nitrogen and oxygen atoms in total. The molecule has 0 unspecified atom stereocenters. The number of nitrogens with one attached hydrogen (secondary N) is 2. The van der Waals surface area contributed by atoms with E-state index in [2.05, 4.69) is 10.7 Å². The fourth-order valence-corrected chi connectivity index (χ4v) is 1.87. The molecule has 1 aliphatic rings. The van der Waals surface area contributed by atoms with Crippen LogP contribution in [0.5, 0.6) is 0 Å². The Bertz CT molecular complexity index is 501. The van der Waals surface area contributed by atoms with E-state index in [4.69, 9.17) is 0 Å². The Morgan fingerprint density at radius 3 is 2.58 bits per heavy atom. The Kier molecular flexibility index (Phi) is 3.75. The molecule has 19 heavy (non-hydrogen) atoms. The molecule has 0 aromatic heterocycles. The van der Waals surface area contributed by atoms with Crippen LogP contribution in [0.15, 0.2) is 18.2 Å². The minimum Gasteiger partial charge on any atom is -0.325 e. The van der Waals surface area contributed by atoms with E-state index in [0.717, 1.165) is 18.2 Å². The van der Waals surface area contributed by atoms with Gasteiger partial charge in [0.15, 0.2) is 0 Å². The molecule has 1 heterocycles. The zero-order chi connectivity index (χ0) is 14.0. The SMILES string of the molecule is C[C@@H]1CC(=O)NN1CC(=O)Nc1cc(F)cc(F)c1. The third kappa shape index (κ3) is 3.47. The highest BCUT2D eigenvalue weighted by Crippen LogP contribution is 2.13. The van der Waals surface area contributed by atoms with Gasteiger partial charge < -0.3 is 5.32 Å². The van der Waals surface area contributed by atoms with Gasteiger partial charge in [0.25, 0.3) is 0 Å². The molecule has 0 spiro atoms. The number of carbonyl (C=O) groups is 2. The second kappa shape index (κ2) is 5.31. The molecule has 0 bridgehead atoms. The van der Waals surface area contributed by atoms with E-state index in [1.807, 2.05) is 0 Å². The summed E-state index contributed by atoms with van der Waals surface area (Å²) in [5.74, 6) is -2.15. The van der Waals surface area contributed by atoms with Crippen molar-refractivity contribution in [2.24, 2.45) is 0 Å². The molecular weight excluding hydrogens is 256 g/mol. The number of hydrogen-bond donors (Lipinski definition) is 2. The average Bonchev–Trinajstić information content (AvgIpc) is 2.55. The van der Waals surface area contributed by atoms with Gasteiger partial charge >= 0.3 is 0 Å². The first-order valence-electron chi connectivity index (χ1n) is 5.76. The number of benzene rings is 1. The third-order valence-electron chi connectivity index (χ3n) is 2.74. The number of carbonyl (C=O) groups excluding carboxylic acids is 2. The fourth-order valence-electron chi connectivity index (χ4n) is 1.87. The Morgan fingerprint density at radius 2 is 2.05 bits per heavy atom. The molecule has 2 N–H and O–H groups in total. The van der Waals surface area contributed by atoms with Crippen LogP contribution in [0.1, 0.15) is 13.3 Å². The van der Waals surface area contributed by atoms with Gasteiger partial charge in [0.1, 0.15) is 11.6 Å². The lowest BCUT2D eigenvalue weighted by atomic mass is 10.2. The van der Waals surface area contributed by atoms with Crippen molar-refractivity contribution in [3.8, 4) is 0 Å². The van der Waals surface area contributed by atoms with Crippen LogP contribution in [0.2, 0.25) is 0 Å². The van der Waals surface area contributed by atoms with Crippen LogP contribution in [0.3, 0.4) is 0 Å². The zero-order valence-corrected chi connectivity index (χ0v) is 10.2. The van der Waals surface area contributed by atoms with Crippen molar-refractivity contribution in [2.45, 2.75) is 19.4 Å². The molecular formula is C12H13F2N3O2. The lowest BCUT2D eigenvalue weighted by molar-refractivity contribution is -0.122. The summed E-state index contributed by atoms with van der Waals surface area (Å²) in [6.45, 7) is 1.72. The van der Waals surface area contributed by atoms with E-state index < -0.39 is 17.5 Å². The van der Waals surface area contributed by atoms with Crippen molar-refractivity contribution in [2.75, 3.05) is 11.9 Å². The van der Waals surface area contributed by atoms with E-state index in [-0.39, 0.29) is 24.2 Å². The van der Waals surface area contributed by atoms with Crippen LogP contribution in [-0.2, 0) is 9.59 Å². The lowest BCUT2D eigenvalue weighted by Gasteiger charge is -2.19. The first-order valence-corrected chi connectivity index (χ1v) is 5.76. The van der Waals surface area contributed by atoms with Gasteiger partial charge in [-0.15, -0.1) is 0 Å². The topological polar surface area (TPSA) is 61.4 Å². The summed E-state index contributed by atoms with van der Waals surface area (Å²) >= 11 is 0. The first-order chi connectivity index (χ1) is 8.94. The van der Waals surface area contributed by atoms with Crippen molar-refractivity contribution >= 4 is 17.5 Å². The van der Waals surface area contributed by atoms with E-state index in [1.165, 1.54) is 5.01 Å². The Morgan fingerprint density at radius 1 is 1.42 bits per heavy atom. The van der Waals surface area contributed by atoms with Crippen LogP contribution < -0.4 is 10.7 Å². The number of rotatable bonds is 3. The van der Waals surface area contributed by atoms with Crippen LogP contribution in [-0.4, -0.2) is 29.4 Å². The molecule has 0 saturated carbocycles. The van der Waals surface area contributed by atoms with Crippen molar-refractivity contribution in [1.29, 1.82) is 0 Å². The monoisotopic (exact) mass is 269 g/mol. The quantitative estimate of drug-likeness (QED) is 0.861. The fraction of sp³-hybridized carbons (Fsp3) is 0.333. The third-order valence-corrected chi connectivity index (χ3v) is 2.74. The summed E-state index contributed by atoms with van der Waals surface area (Å²) in [5.41, 5.74) is 2.57. The second-order valence-electron chi connectivity index (χ2n) is 4.42. The maximum absolute atomic E-state index is 12.9. The minimum absolute atomic E-state index is 0.0423. The average molecular weight is 269 g/mol. The molecule has 7 heteroatoms. The first kappa shape index (κ1) is 13.4. The maximum atomic E-state index is 12.9. The molecule has 2 amide bonds. The van der Waals surface area contributed by atoms with E-state index >= 15 is 0 Å². The van der Waals surface area contributed by atoms with Gasteiger partial charge in [0.2, 0.25) is 11.8 Å². The van der Waals surface area contributed by atoms with Gasteiger partial charge in [-0.1, -0.05) is 0 Å². The molecule has 1 saturated heterocycles. The number of amides is 2. The normalized spacial score (nSPS) is 19.3. The summed E-state index contributed by atoms with van der Waals surface area (Å²) < 4.78 is 25.9. The largest absolute Gasteiger partial charge is 0.325 e. The molecule has 2 rings (SSSR count). The van der Waals surface area contributed by atoms with E-state index in [1.54, 1.807) is 6.92 Å². The number of hydrazine groups is 1. The summed E-state index contributed by atoms with van der Waals surface area (Å²) in [4.78, 5) is 22.8. The molecule has 1 aliphatic heterocycles. The van der Waals surface area contributed by atoms with Gasteiger partial charge in [-0.25, -0.2) is 13.8 Å². The second-order valence-corrected chi connectivity index (χ2v) is 4.42. The molecule has 1 aromatic carbocycles. The highest BCUT2D eigenvalue weighted by molar-refractivity contribution is 5.92. The van der Waals surface area contributed by atoms with Crippen molar-refractivity contribution in [1.82, 2.24) is 10.4 Å². The summed E-state index contributed by atoms with van der Waals surface area (Å²) in [6.07, 6.45) is 0.321. The predicted molar refractivity (Wildman–Crippen MR) is 63.9 cm³/mol. The van der Waals surface area contributed by atoms with Crippen LogP contribution in [0.25, 0.3) is 0 Å². The van der Waals surface area contributed by atoms with Crippen molar-refractivity contribution < 1.29 is 18.4 Å². The Labute approximate surface area is 108 Å². The maximum Gasteiger partial charge on any atom is 0.240 e. The predicted octanol–water partition coefficient (Wildman–Crippen LogP) is 1.03. The van der Waals surface area contributed by atoms with Gasteiger partial charge in [0, 0.05) is 24.2 Å². The smallest absolute Gasteiger partial charge is 0.240 e. The van der Waals surface area contributed by atoms with Crippen molar-refractivity contribution in [3.05, 3.63) is 29.8 Å². The zero-order valence-electron chi connectivity index (χ0n) is 10.2. The summed E-state index contributed by atoms with van der Waals surface area (Å²) in [7, 11) is 0. The van der Waals surface area contributed by atoms with Crippen LogP contribution in [0, 0.1) is 11.6 Å². The molecule has 102 valence electrons.